The number of hydrogen-bond acceptors (Lipinski definition) is 4. The van der Waals surface area contributed by atoms with E-state index in [1.165, 1.54) is 12.8 Å². The third kappa shape index (κ3) is 2.80. The van der Waals surface area contributed by atoms with Gasteiger partial charge >= 0.3 is 0 Å². The van der Waals surface area contributed by atoms with Gasteiger partial charge in [0.25, 0.3) is 0 Å². The second kappa shape index (κ2) is 6.27. The average molecular weight is 273 g/mol. The van der Waals surface area contributed by atoms with Gasteiger partial charge in [0.05, 0.1) is 11.6 Å². The van der Waals surface area contributed by atoms with Crippen molar-refractivity contribution in [2.75, 3.05) is 31.1 Å². The Morgan fingerprint density at radius 1 is 1.35 bits per heavy atom. The highest BCUT2D eigenvalue weighted by molar-refractivity contribution is 5.88. The van der Waals surface area contributed by atoms with Crippen molar-refractivity contribution in [1.82, 2.24) is 10.3 Å². The maximum Gasteiger partial charge on any atom is 0.139 e. The van der Waals surface area contributed by atoms with E-state index in [9.17, 15) is 0 Å². The zero-order valence-corrected chi connectivity index (χ0v) is 12.1. The minimum absolute atomic E-state index is 0.770. The average Bonchev–Trinajstić information content (AvgIpc) is 2.96. The van der Waals surface area contributed by atoms with E-state index >= 15 is 0 Å². The standard InChI is InChI=1S/C16H23N3O/c1-2-10-19(12-13-3-7-17-8-4-13)16-14-6-11-20-15(14)5-9-18-16/h5-6,9,11,13,17H,2-4,7-8,10,12H2,1H3. The van der Waals surface area contributed by atoms with E-state index in [1.807, 2.05) is 18.3 Å². The summed E-state index contributed by atoms with van der Waals surface area (Å²) in [6.07, 6.45) is 7.28. The second-order valence-corrected chi connectivity index (χ2v) is 5.61. The highest BCUT2D eigenvalue weighted by Gasteiger charge is 2.19. The van der Waals surface area contributed by atoms with Crippen LogP contribution in [0.1, 0.15) is 26.2 Å². The van der Waals surface area contributed by atoms with Gasteiger partial charge in [-0.05, 0) is 50.4 Å². The number of nitrogens with one attached hydrogen (secondary N) is 1. The fourth-order valence-electron chi connectivity index (χ4n) is 3.06. The second-order valence-electron chi connectivity index (χ2n) is 5.61. The monoisotopic (exact) mass is 273 g/mol. The summed E-state index contributed by atoms with van der Waals surface area (Å²) in [7, 11) is 0. The molecule has 1 fully saturated rings. The van der Waals surface area contributed by atoms with E-state index in [0.29, 0.717) is 0 Å². The van der Waals surface area contributed by atoms with Gasteiger partial charge < -0.3 is 14.6 Å². The number of piperidine rings is 1. The summed E-state index contributed by atoms with van der Waals surface area (Å²) in [5.74, 6) is 1.85. The summed E-state index contributed by atoms with van der Waals surface area (Å²) < 4.78 is 5.50. The molecule has 20 heavy (non-hydrogen) atoms. The van der Waals surface area contributed by atoms with E-state index in [2.05, 4.69) is 22.1 Å². The van der Waals surface area contributed by atoms with E-state index in [4.69, 9.17) is 4.42 Å². The quantitative estimate of drug-likeness (QED) is 0.909. The van der Waals surface area contributed by atoms with Crippen molar-refractivity contribution in [3.63, 3.8) is 0 Å². The van der Waals surface area contributed by atoms with E-state index in [1.54, 1.807) is 6.26 Å². The summed E-state index contributed by atoms with van der Waals surface area (Å²) in [6, 6.07) is 3.97. The van der Waals surface area contributed by atoms with Gasteiger partial charge in [0.1, 0.15) is 11.4 Å². The highest BCUT2D eigenvalue weighted by Crippen LogP contribution is 2.27. The molecule has 2 aromatic heterocycles. The lowest BCUT2D eigenvalue weighted by Crippen LogP contribution is -2.37. The van der Waals surface area contributed by atoms with Crippen LogP contribution in [-0.4, -0.2) is 31.2 Å². The number of hydrogen-bond donors (Lipinski definition) is 1. The fraction of sp³-hybridized carbons (Fsp3) is 0.562. The molecule has 1 saturated heterocycles. The summed E-state index contributed by atoms with van der Waals surface area (Å²) in [5, 5.41) is 4.57. The molecule has 1 aliphatic heterocycles. The maximum absolute atomic E-state index is 5.50. The van der Waals surface area contributed by atoms with Crippen molar-refractivity contribution in [2.45, 2.75) is 26.2 Å². The van der Waals surface area contributed by atoms with Gasteiger partial charge in [-0.1, -0.05) is 6.92 Å². The number of pyridine rings is 1. The Morgan fingerprint density at radius 2 is 2.20 bits per heavy atom. The van der Waals surface area contributed by atoms with E-state index < -0.39 is 0 Å². The van der Waals surface area contributed by atoms with Crippen molar-refractivity contribution < 1.29 is 4.42 Å². The Balaban J connectivity index is 1.83. The number of nitrogens with zero attached hydrogens (tertiary/aromatic N) is 2. The normalized spacial score (nSPS) is 16.6. The SMILES string of the molecule is CCCN(CC1CCNCC1)c1nccc2occc12. The molecular formula is C16H23N3O. The predicted octanol–water partition coefficient (Wildman–Crippen LogP) is 3.04. The first-order valence-electron chi connectivity index (χ1n) is 7.66. The first-order valence-corrected chi connectivity index (χ1v) is 7.66. The van der Waals surface area contributed by atoms with Crippen LogP contribution in [0.3, 0.4) is 0 Å². The van der Waals surface area contributed by atoms with Crippen molar-refractivity contribution >= 4 is 16.8 Å². The molecule has 0 spiro atoms. The number of furan rings is 1. The molecule has 1 N–H and O–H groups in total. The van der Waals surface area contributed by atoms with Crippen molar-refractivity contribution in [3.05, 3.63) is 24.6 Å². The van der Waals surface area contributed by atoms with Crippen LogP contribution >= 0.6 is 0 Å². The zero-order valence-electron chi connectivity index (χ0n) is 12.1. The maximum atomic E-state index is 5.50. The number of rotatable bonds is 5. The van der Waals surface area contributed by atoms with Crippen molar-refractivity contribution in [1.29, 1.82) is 0 Å². The van der Waals surface area contributed by atoms with Crippen LogP contribution in [0.5, 0.6) is 0 Å². The molecule has 0 atom stereocenters. The minimum atomic E-state index is 0.770. The minimum Gasteiger partial charge on any atom is -0.464 e. The molecule has 0 aromatic carbocycles. The lowest BCUT2D eigenvalue weighted by Gasteiger charge is -2.31. The summed E-state index contributed by atoms with van der Waals surface area (Å²) >= 11 is 0. The largest absolute Gasteiger partial charge is 0.464 e. The molecule has 0 unspecified atom stereocenters. The summed E-state index contributed by atoms with van der Waals surface area (Å²) in [4.78, 5) is 7.05. The van der Waals surface area contributed by atoms with Crippen molar-refractivity contribution in [3.8, 4) is 0 Å². The van der Waals surface area contributed by atoms with E-state index in [-0.39, 0.29) is 0 Å². The molecule has 0 saturated carbocycles. The lowest BCUT2D eigenvalue weighted by molar-refractivity contribution is 0.373. The van der Waals surface area contributed by atoms with E-state index in [0.717, 1.165) is 55.3 Å². The number of fused-ring (bicyclic) bond motifs is 1. The molecule has 2 aromatic rings. The summed E-state index contributed by atoms with van der Waals surface area (Å²) in [6.45, 7) is 6.68. The molecule has 3 rings (SSSR count). The van der Waals surface area contributed by atoms with Crippen LogP contribution < -0.4 is 10.2 Å². The third-order valence-electron chi connectivity index (χ3n) is 4.09. The third-order valence-corrected chi connectivity index (χ3v) is 4.09. The molecule has 3 heterocycles. The van der Waals surface area contributed by atoms with Gasteiger partial charge in [-0.2, -0.15) is 0 Å². The molecule has 4 nitrogen and oxygen atoms in total. The van der Waals surface area contributed by atoms with Crippen LogP contribution in [0.4, 0.5) is 5.82 Å². The van der Waals surface area contributed by atoms with Crippen LogP contribution in [-0.2, 0) is 0 Å². The first-order chi connectivity index (χ1) is 9.88. The molecule has 0 bridgehead atoms. The Labute approximate surface area is 120 Å². The van der Waals surface area contributed by atoms with Gasteiger partial charge in [-0.3, -0.25) is 0 Å². The molecule has 0 aliphatic carbocycles. The molecule has 108 valence electrons. The predicted molar refractivity (Wildman–Crippen MR) is 82.1 cm³/mol. The first kappa shape index (κ1) is 13.4. The highest BCUT2D eigenvalue weighted by atomic mass is 16.3. The Bertz CT molecular complexity index is 545. The molecule has 1 aliphatic rings. The van der Waals surface area contributed by atoms with Crippen LogP contribution in [0.15, 0.2) is 29.0 Å². The van der Waals surface area contributed by atoms with Gasteiger partial charge in [-0.25, -0.2) is 4.98 Å². The van der Waals surface area contributed by atoms with Crippen LogP contribution in [0, 0.1) is 5.92 Å². The smallest absolute Gasteiger partial charge is 0.139 e. The fourth-order valence-corrected chi connectivity index (χ4v) is 3.06. The Morgan fingerprint density at radius 3 is 3.00 bits per heavy atom. The lowest BCUT2D eigenvalue weighted by atomic mass is 9.97. The van der Waals surface area contributed by atoms with Gasteiger partial charge in [0.2, 0.25) is 0 Å². The molecule has 0 radical (unpaired) electrons. The van der Waals surface area contributed by atoms with Gasteiger partial charge in [0, 0.05) is 19.3 Å². The van der Waals surface area contributed by atoms with Gasteiger partial charge in [-0.15, -0.1) is 0 Å². The van der Waals surface area contributed by atoms with Gasteiger partial charge in [0.15, 0.2) is 0 Å². The molecular weight excluding hydrogens is 250 g/mol. The topological polar surface area (TPSA) is 41.3 Å². The number of anilines is 1. The molecule has 0 amide bonds. The zero-order chi connectivity index (χ0) is 13.8. The van der Waals surface area contributed by atoms with Crippen LogP contribution in [0.25, 0.3) is 11.0 Å². The van der Waals surface area contributed by atoms with Crippen molar-refractivity contribution in [2.24, 2.45) is 5.92 Å². The summed E-state index contributed by atoms with van der Waals surface area (Å²) in [5.41, 5.74) is 0.932. The molecule has 4 heteroatoms. The Hall–Kier alpha value is -1.55. The van der Waals surface area contributed by atoms with Crippen LogP contribution in [0.2, 0.25) is 0 Å². The Kier molecular flexibility index (Phi) is 4.21. The number of aromatic nitrogens is 1.